The molecule has 7 heteroatoms. The summed E-state index contributed by atoms with van der Waals surface area (Å²) in [6.45, 7) is 2.76. The molecule has 1 unspecified atom stereocenters. The Morgan fingerprint density at radius 3 is 3.11 bits per heavy atom. The molecule has 0 saturated carbocycles. The number of aromatic nitrogens is 2. The van der Waals surface area contributed by atoms with Crippen molar-refractivity contribution in [3.05, 3.63) is 22.2 Å². The first kappa shape index (κ1) is 14.0. The number of nitrogen functional groups attached to an aromatic ring is 1. The predicted molar refractivity (Wildman–Crippen MR) is 72.9 cm³/mol. The van der Waals surface area contributed by atoms with Gasteiger partial charge in [-0.3, -0.25) is 4.79 Å². The van der Waals surface area contributed by atoms with E-state index in [1.165, 1.54) is 6.07 Å². The summed E-state index contributed by atoms with van der Waals surface area (Å²) in [4.78, 5) is 17.9. The van der Waals surface area contributed by atoms with E-state index in [-0.39, 0.29) is 11.4 Å². The fourth-order valence-electron chi connectivity index (χ4n) is 2.28. The minimum absolute atomic E-state index is 0.230. The second-order valence-corrected chi connectivity index (χ2v) is 5.05. The van der Waals surface area contributed by atoms with E-state index in [4.69, 9.17) is 5.73 Å². The number of nitrogens with zero attached hydrogens (tertiary/aromatic N) is 1. The fourth-order valence-corrected chi connectivity index (χ4v) is 2.28. The summed E-state index contributed by atoms with van der Waals surface area (Å²) in [5.74, 6) is 0.792. The molecule has 0 amide bonds. The number of nitrogens with two attached hydrogens (primary N) is 1. The first-order chi connectivity index (χ1) is 9.07. The minimum atomic E-state index is -0.672. The third-order valence-corrected chi connectivity index (χ3v) is 3.25. The third kappa shape index (κ3) is 4.30. The van der Waals surface area contributed by atoms with E-state index in [0.29, 0.717) is 31.9 Å². The molecule has 1 saturated heterocycles. The van der Waals surface area contributed by atoms with E-state index in [0.717, 1.165) is 19.4 Å². The number of hydrogen-bond donors (Lipinski definition) is 5. The lowest BCUT2D eigenvalue weighted by Crippen LogP contribution is -2.52. The summed E-state index contributed by atoms with van der Waals surface area (Å²) in [5, 5.41) is 16.6. The Morgan fingerprint density at radius 1 is 1.58 bits per heavy atom. The van der Waals surface area contributed by atoms with Crippen LogP contribution in [-0.4, -0.2) is 46.9 Å². The summed E-state index contributed by atoms with van der Waals surface area (Å²) >= 11 is 0. The number of anilines is 1. The highest BCUT2D eigenvalue weighted by molar-refractivity contribution is 5.25. The number of aliphatic hydroxyl groups is 1. The molecule has 6 N–H and O–H groups in total. The van der Waals surface area contributed by atoms with Gasteiger partial charge in [-0.25, -0.2) is 4.98 Å². The lowest BCUT2D eigenvalue weighted by Gasteiger charge is -2.32. The molecule has 1 aliphatic rings. The number of H-pyrrole nitrogens is 1. The molecule has 0 aliphatic carbocycles. The summed E-state index contributed by atoms with van der Waals surface area (Å²) < 4.78 is 0. The molecule has 2 rings (SSSR count). The van der Waals surface area contributed by atoms with E-state index in [2.05, 4.69) is 20.6 Å². The maximum absolute atomic E-state index is 11.2. The highest BCUT2D eigenvalue weighted by Crippen LogP contribution is 2.14. The second-order valence-electron chi connectivity index (χ2n) is 5.05. The first-order valence-corrected chi connectivity index (χ1v) is 6.57. The molecular weight excluding hydrogens is 246 g/mol. The highest BCUT2D eigenvalue weighted by atomic mass is 16.3. The van der Waals surface area contributed by atoms with Gasteiger partial charge in [0.2, 0.25) is 0 Å². The second kappa shape index (κ2) is 6.14. The van der Waals surface area contributed by atoms with Gasteiger partial charge in [0.25, 0.3) is 5.56 Å². The van der Waals surface area contributed by atoms with Crippen LogP contribution in [0.4, 0.5) is 5.82 Å². The zero-order valence-corrected chi connectivity index (χ0v) is 10.9. The van der Waals surface area contributed by atoms with E-state index in [9.17, 15) is 9.90 Å². The van der Waals surface area contributed by atoms with Gasteiger partial charge in [0.05, 0.1) is 5.60 Å². The van der Waals surface area contributed by atoms with Gasteiger partial charge in [-0.05, 0) is 19.4 Å². The molecule has 106 valence electrons. The van der Waals surface area contributed by atoms with Crippen LogP contribution in [0.5, 0.6) is 0 Å². The molecule has 19 heavy (non-hydrogen) atoms. The van der Waals surface area contributed by atoms with Crippen molar-refractivity contribution < 1.29 is 5.11 Å². The highest BCUT2D eigenvalue weighted by Gasteiger charge is 2.28. The van der Waals surface area contributed by atoms with Gasteiger partial charge in [-0.2, -0.15) is 0 Å². The van der Waals surface area contributed by atoms with E-state index in [1.807, 2.05) is 0 Å². The molecule has 0 spiro atoms. The number of piperidine rings is 1. The molecule has 7 nitrogen and oxygen atoms in total. The van der Waals surface area contributed by atoms with Crippen molar-refractivity contribution in [3.63, 3.8) is 0 Å². The van der Waals surface area contributed by atoms with Crippen LogP contribution in [-0.2, 0) is 6.42 Å². The van der Waals surface area contributed by atoms with Gasteiger partial charge < -0.3 is 26.5 Å². The zero-order valence-electron chi connectivity index (χ0n) is 10.9. The largest absolute Gasteiger partial charge is 0.387 e. The van der Waals surface area contributed by atoms with Crippen LogP contribution < -0.4 is 21.9 Å². The topological polar surface area (TPSA) is 116 Å². The maximum atomic E-state index is 11.2. The molecule has 1 aromatic heterocycles. The summed E-state index contributed by atoms with van der Waals surface area (Å²) in [5.41, 5.74) is 4.59. The van der Waals surface area contributed by atoms with Crippen molar-refractivity contribution in [1.29, 1.82) is 0 Å². The number of hydrogen-bond acceptors (Lipinski definition) is 6. The Hall–Kier alpha value is -1.44. The Labute approximate surface area is 111 Å². The normalized spacial score (nSPS) is 23.4. The maximum Gasteiger partial charge on any atom is 0.252 e. The summed E-state index contributed by atoms with van der Waals surface area (Å²) in [7, 11) is 0. The predicted octanol–water partition coefficient (Wildman–Crippen LogP) is -1.40. The van der Waals surface area contributed by atoms with E-state index in [1.54, 1.807) is 0 Å². The van der Waals surface area contributed by atoms with Crippen LogP contribution >= 0.6 is 0 Å². The average Bonchev–Trinajstić information content (AvgIpc) is 2.34. The van der Waals surface area contributed by atoms with Gasteiger partial charge >= 0.3 is 0 Å². The number of nitrogens with one attached hydrogen (secondary N) is 3. The quantitative estimate of drug-likeness (QED) is 0.419. The van der Waals surface area contributed by atoms with E-state index >= 15 is 0 Å². The Balaban J connectivity index is 1.75. The molecule has 1 aliphatic heterocycles. The van der Waals surface area contributed by atoms with Crippen LogP contribution in [0, 0.1) is 0 Å². The van der Waals surface area contributed by atoms with Crippen molar-refractivity contribution in [2.24, 2.45) is 0 Å². The Kier molecular flexibility index (Phi) is 4.52. The van der Waals surface area contributed by atoms with Crippen molar-refractivity contribution >= 4 is 5.82 Å². The zero-order chi connectivity index (χ0) is 13.7. The number of β-amino-alcohol motifs (C(OH)–C–C–N with tert-alkyl or cyclic N) is 1. The molecule has 0 bridgehead atoms. The molecular formula is C12H21N5O2. The first-order valence-electron chi connectivity index (χ1n) is 6.57. The average molecular weight is 267 g/mol. The van der Waals surface area contributed by atoms with Crippen LogP contribution in [0.25, 0.3) is 0 Å². The number of rotatable bonds is 5. The smallest absolute Gasteiger partial charge is 0.252 e. The van der Waals surface area contributed by atoms with Gasteiger partial charge in [-0.1, -0.05) is 0 Å². The van der Waals surface area contributed by atoms with Crippen LogP contribution in [0.15, 0.2) is 10.9 Å². The van der Waals surface area contributed by atoms with Crippen LogP contribution in [0.1, 0.15) is 18.7 Å². The van der Waals surface area contributed by atoms with Gasteiger partial charge in [0.15, 0.2) is 0 Å². The Morgan fingerprint density at radius 2 is 2.42 bits per heavy atom. The van der Waals surface area contributed by atoms with Crippen LogP contribution in [0.2, 0.25) is 0 Å². The van der Waals surface area contributed by atoms with Crippen molar-refractivity contribution in [2.75, 3.05) is 31.9 Å². The molecule has 0 aromatic carbocycles. The van der Waals surface area contributed by atoms with Crippen molar-refractivity contribution in [2.45, 2.75) is 24.9 Å². The van der Waals surface area contributed by atoms with Crippen molar-refractivity contribution in [3.8, 4) is 0 Å². The number of aromatic amines is 1. The molecule has 1 atom stereocenters. The molecule has 1 aromatic rings. The Bertz CT molecular complexity index is 467. The molecule has 2 heterocycles. The van der Waals surface area contributed by atoms with Crippen molar-refractivity contribution in [1.82, 2.24) is 20.6 Å². The summed E-state index contributed by atoms with van der Waals surface area (Å²) in [6.07, 6.45) is 2.37. The van der Waals surface area contributed by atoms with Gasteiger partial charge in [-0.15, -0.1) is 0 Å². The van der Waals surface area contributed by atoms with Crippen LogP contribution in [0.3, 0.4) is 0 Å². The van der Waals surface area contributed by atoms with Gasteiger partial charge in [0.1, 0.15) is 11.6 Å². The fraction of sp³-hybridized carbons (Fsp3) is 0.667. The SMILES string of the molecule is Nc1cc(=O)[nH]c(CCNCC2(O)CCCNC2)n1. The van der Waals surface area contributed by atoms with Gasteiger partial charge in [0, 0.05) is 32.1 Å². The summed E-state index contributed by atoms with van der Waals surface area (Å²) in [6, 6.07) is 1.26. The lowest BCUT2D eigenvalue weighted by atomic mass is 9.94. The minimum Gasteiger partial charge on any atom is -0.387 e. The third-order valence-electron chi connectivity index (χ3n) is 3.25. The van der Waals surface area contributed by atoms with E-state index < -0.39 is 5.60 Å². The molecule has 1 fully saturated rings. The standard InChI is InChI=1S/C12H21N5O2/c13-9-6-11(18)17-10(16-9)2-5-15-8-12(19)3-1-4-14-7-12/h6,14-15,19H,1-5,7-8H2,(H3,13,16,17,18). The lowest BCUT2D eigenvalue weighted by molar-refractivity contribution is 0.0174. The monoisotopic (exact) mass is 267 g/mol. The molecule has 0 radical (unpaired) electrons.